The molecule has 16 heavy (non-hydrogen) atoms. The van der Waals surface area contributed by atoms with Gasteiger partial charge in [-0.05, 0) is 46.9 Å². The Balaban J connectivity index is 2.62. The summed E-state index contributed by atoms with van der Waals surface area (Å²) >= 11 is 2.11. The second-order valence-electron chi connectivity index (χ2n) is 3.25. The minimum atomic E-state index is -0.353. The van der Waals surface area contributed by atoms with Gasteiger partial charge < -0.3 is 10.5 Å². The predicted molar refractivity (Wildman–Crippen MR) is 70.2 cm³/mol. The molecule has 0 radical (unpaired) electrons. The highest BCUT2D eigenvalue weighted by Gasteiger charge is 2.07. The van der Waals surface area contributed by atoms with E-state index in [1.54, 1.807) is 18.2 Å². The number of nitrogens with zero attached hydrogens (tertiary/aromatic N) is 1. The van der Waals surface area contributed by atoms with Crippen molar-refractivity contribution in [2.24, 2.45) is 0 Å². The molecule has 2 aromatic rings. The van der Waals surface area contributed by atoms with Crippen LogP contribution in [-0.2, 0) is 4.74 Å². The van der Waals surface area contributed by atoms with E-state index in [-0.39, 0.29) is 5.97 Å². The number of fused-ring (bicyclic) bond motifs is 1. The Kier molecular flexibility index (Phi) is 2.95. The number of benzene rings is 1. The number of rotatable bonds is 1. The maximum atomic E-state index is 11.3. The van der Waals surface area contributed by atoms with E-state index in [1.165, 1.54) is 7.11 Å². The monoisotopic (exact) mass is 328 g/mol. The summed E-state index contributed by atoms with van der Waals surface area (Å²) in [6.45, 7) is 0. The minimum Gasteiger partial charge on any atom is -0.465 e. The standard InChI is InChI=1S/C11H9IN2O2/c1-16-11(15)6-2-3-9-7(4-6)5-8(12)10(13)14-9/h2-5H,1H3,(H2,13,14). The number of aromatic nitrogens is 1. The van der Waals surface area contributed by atoms with Gasteiger partial charge in [0.25, 0.3) is 0 Å². The van der Waals surface area contributed by atoms with E-state index >= 15 is 0 Å². The van der Waals surface area contributed by atoms with E-state index in [2.05, 4.69) is 32.3 Å². The van der Waals surface area contributed by atoms with Crippen molar-refractivity contribution >= 4 is 45.3 Å². The minimum absolute atomic E-state index is 0.353. The number of hydrogen-bond acceptors (Lipinski definition) is 4. The molecule has 0 unspecified atom stereocenters. The smallest absolute Gasteiger partial charge is 0.337 e. The summed E-state index contributed by atoms with van der Waals surface area (Å²) in [5.74, 6) is 0.146. The molecule has 1 aromatic carbocycles. The fraction of sp³-hybridized carbons (Fsp3) is 0.0909. The van der Waals surface area contributed by atoms with Crippen LogP contribution in [0.1, 0.15) is 10.4 Å². The topological polar surface area (TPSA) is 65.2 Å². The molecule has 0 saturated carbocycles. The molecule has 0 fully saturated rings. The Labute approximate surface area is 106 Å². The third kappa shape index (κ3) is 1.95. The zero-order valence-electron chi connectivity index (χ0n) is 8.53. The molecule has 4 nitrogen and oxygen atoms in total. The number of methoxy groups -OCH3 is 1. The van der Waals surface area contributed by atoms with Crippen LogP contribution in [0.4, 0.5) is 5.82 Å². The molecule has 0 atom stereocenters. The Bertz CT molecular complexity index is 569. The highest BCUT2D eigenvalue weighted by molar-refractivity contribution is 14.1. The molecule has 2 rings (SSSR count). The quantitative estimate of drug-likeness (QED) is 0.644. The maximum absolute atomic E-state index is 11.3. The van der Waals surface area contributed by atoms with Crippen LogP contribution in [0.2, 0.25) is 0 Å². The molecule has 0 aliphatic carbocycles. The summed E-state index contributed by atoms with van der Waals surface area (Å²) in [7, 11) is 1.36. The van der Waals surface area contributed by atoms with Crippen LogP contribution in [0.3, 0.4) is 0 Å². The number of anilines is 1. The zero-order chi connectivity index (χ0) is 11.7. The highest BCUT2D eigenvalue weighted by Crippen LogP contribution is 2.21. The Morgan fingerprint density at radius 2 is 2.19 bits per heavy atom. The summed E-state index contributed by atoms with van der Waals surface area (Å²) in [6, 6.07) is 7.07. The van der Waals surface area contributed by atoms with Crippen molar-refractivity contribution in [3.05, 3.63) is 33.4 Å². The number of nitrogens with two attached hydrogens (primary N) is 1. The van der Waals surface area contributed by atoms with Crippen molar-refractivity contribution in [2.45, 2.75) is 0 Å². The van der Waals surface area contributed by atoms with Gasteiger partial charge in [-0.3, -0.25) is 0 Å². The van der Waals surface area contributed by atoms with E-state index < -0.39 is 0 Å². The van der Waals surface area contributed by atoms with E-state index in [9.17, 15) is 4.79 Å². The van der Waals surface area contributed by atoms with Crippen LogP contribution >= 0.6 is 22.6 Å². The highest BCUT2D eigenvalue weighted by atomic mass is 127. The molecule has 0 aliphatic heterocycles. The van der Waals surface area contributed by atoms with Crippen LogP contribution in [0, 0.1) is 3.57 Å². The van der Waals surface area contributed by atoms with Crippen molar-refractivity contribution in [3.63, 3.8) is 0 Å². The van der Waals surface area contributed by atoms with Gasteiger partial charge in [0.15, 0.2) is 0 Å². The second-order valence-corrected chi connectivity index (χ2v) is 4.42. The Morgan fingerprint density at radius 1 is 1.44 bits per heavy atom. The molecule has 0 aliphatic rings. The fourth-order valence-electron chi connectivity index (χ4n) is 1.41. The van der Waals surface area contributed by atoms with Crippen LogP contribution in [0.25, 0.3) is 10.9 Å². The third-order valence-corrected chi connectivity index (χ3v) is 3.08. The fourth-order valence-corrected chi connectivity index (χ4v) is 1.87. The second kappa shape index (κ2) is 4.25. The lowest BCUT2D eigenvalue weighted by Gasteiger charge is -2.04. The van der Waals surface area contributed by atoms with Crippen molar-refractivity contribution in [2.75, 3.05) is 12.8 Å². The van der Waals surface area contributed by atoms with E-state index in [0.717, 1.165) is 14.5 Å². The summed E-state index contributed by atoms with van der Waals surface area (Å²) in [4.78, 5) is 15.6. The third-order valence-electron chi connectivity index (χ3n) is 2.22. The molecule has 2 N–H and O–H groups in total. The number of esters is 1. The molecule has 0 amide bonds. The lowest BCUT2D eigenvalue weighted by Crippen LogP contribution is -2.01. The van der Waals surface area contributed by atoms with Crippen LogP contribution < -0.4 is 5.73 Å². The van der Waals surface area contributed by atoms with Crippen LogP contribution in [0.5, 0.6) is 0 Å². The van der Waals surface area contributed by atoms with Gasteiger partial charge in [-0.15, -0.1) is 0 Å². The van der Waals surface area contributed by atoms with Crippen molar-refractivity contribution in [3.8, 4) is 0 Å². The van der Waals surface area contributed by atoms with E-state index in [0.29, 0.717) is 11.4 Å². The van der Waals surface area contributed by atoms with Gasteiger partial charge in [-0.25, -0.2) is 9.78 Å². The summed E-state index contributed by atoms with van der Waals surface area (Å²) in [6.07, 6.45) is 0. The van der Waals surface area contributed by atoms with Crippen molar-refractivity contribution in [1.29, 1.82) is 0 Å². The van der Waals surface area contributed by atoms with Crippen molar-refractivity contribution < 1.29 is 9.53 Å². The number of carbonyl (C=O) groups is 1. The molecule has 82 valence electrons. The number of hydrogen-bond donors (Lipinski definition) is 1. The molecule has 1 aromatic heterocycles. The molecule has 0 saturated heterocycles. The molecule has 0 bridgehead atoms. The zero-order valence-corrected chi connectivity index (χ0v) is 10.7. The first-order chi connectivity index (χ1) is 7.61. The van der Waals surface area contributed by atoms with Gasteiger partial charge >= 0.3 is 5.97 Å². The maximum Gasteiger partial charge on any atom is 0.337 e. The van der Waals surface area contributed by atoms with Crippen LogP contribution in [0.15, 0.2) is 24.3 Å². The average molecular weight is 328 g/mol. The average Bonchev–Trinajstić information content (AvgIpc) is 2.29. The SMILES string of the molecule is COC(=O)c1ccc2nc(N)c(I)cc2c1. The predicted octanol–water partition coefficient (Wildman–Crippen LogP) is 2.21. The number of halogens is 1. The number of ether oxygens (including phenoxy) is 1. The first-order valence-corrected chi connectivity index (χ1v) is 5.64. The normalized spacial score (nSPS) is 10.4. The first kappa shape index (κ1) is 11.1. The largest absolute Gasteiger partial charge is 0.465 e. The number of nitrogen functional groups attached to an aromatic ring is 1. The first-order valence-electron chi connectivity index (χ1n) is 4.56. The van der Waals surface area contributed by atoms with Gasteiger partial charge in [0.1, 0.15) is 5.82 Å². The van der Waals surface area contributed by atoms with Crippen LogP contribution in [-0.4, -0.2) is 18.1 Å². The molecule has 5 heteroatoms. The van der Waals surface area contributed by atoms with Gasteiger partial charge in [-0.1, -0.05) is 0 Å². The molecule has 0 spiro atoms. The van der Waals surface area contributed by atoms with Gasteiger partial charge in [0, 0.05) is 5.39 Å². The summed E-state index contributed by atoms with van der Waals surface area (Å²) in [5, 5.41) is 0.876. The van der Waals surface area contributed by atoms with E-state index in [4.69, 9.17) is 5.73 Å². The molecular weight excluding hydrogens is 319 g/mol. The summed E-state index contributed by atoms with van der Waals surface area (Å²) in [5.41, 5.74) is 6.98. The van der Waals surface area contributed by atoms with E-state index in [1.807, 2.05) is 6.07 Å². The van der Waals surface area contributed by atoms with Gasteiger partial charge in [0.05, 0.1) is 21.8 Å². The number of pyridine rings is 1. The lowest BCUT2D eigenvalue weighted by atomic mass is 10.1. The molecule has 1 heterocycles. The Hall–Kier alpha value is -1.37. The lowest BCUT2D eigenvalue weighted by molar-refractivity contribution is 0.0601. The summed E-state index contributed by atoms with van der Waals surface area (Å²) < 4.78 is 5.52. The number of carbonyl (C=O) groups excluding carboxylic acids is 1. The molecular formula is C11H9IN2O2. The Morgan fingerprint density at radius 3 is 2.88 bits per heavy atom. The van der Waals surface area contributed by atoms with Crippen molar-refractivity contribution in [1.82, 2.24) is 4.98 Å². The van der Waals surface area contributed by atoms with Gasteiger partial charge in [0.2, 0.25) is 0 Å². The van der Waals surface area contributed by atoms with Gasteiger partial charge in [-0.2, -0.15) is 0 Å².